The number of nitrogens with zero attached hydrogens (tertiary/aromatic N) is 1. The predicted octanol–water partition coefficient (Wildman–Crippen LogP) is 2.71. The summed E-state index contributed by atoms with van der Waals surface area (Å²) in [4.78, 5) is 2.20. The topological polar surface area (TPSA) is 30.9 Å². The fourth-order valence-corrected chi connectivity index (χ4v) is 2.63. The first-order chi connectivity index (χ1) is 9.38. The van der Waals surface area contributed by atoms with E-state index in [9.17, 15) is 0 Å². The quantitative estimate of drug-likeness (QED) is 0.749. The summed E-state index contributed by atoms with van der Waals surface area (Å²) in [5, 5.41) is 0. The van der Waals surface area contributed by atoms with Gasteiger partial charge in [0.2, 0.25) is 0 Å². The minimum atomic E-state index is -0.435. The van der Waals surface area contributed by atoms with Gasteiger partial charge in [0, 0.05) is 6.42 Å². The molecule has 2 rings (SSSR count). The monoisotopic (exact) mass is 281 g/mol. The maximum atomic E-state index is 5.79. The van der Waals surface area contributed by atoms with Crippen molar-refractivity contribution in [1.29, 1.82) is 0 Å². The Morgan fingerprint density at radius 1 is 1.20 bits per heavy atom. The highest BCUT2D eigenvalue weighted by Gasteiger charge is 2.34. The molecule has 1 heterocycles. The van der Waals surface area contributed by atoms with E-state index < -0.39 is 5.79 Å². The van der Waals surface area contributed by atoms with Crippen LogP contribution in [-0.2, 0) is 14.2 Å². The molecular formula is C16H27NO3. The Balaban J connectivity index is 2.06. The van der Waals surface area contributed by atoms with Crippen molar-refractivity contribution in [2.45, 2.75) is 44.9 Å². The normalized spacial score (nSPS) is 28.7. The van der Waals surface area contributed by atoms with Gasteiger partial charge >= 0.3 is 0 Å². The lowest BCUT2D eigenvalue weighted by Gasteiger charge is -2.28. The first-order valence-electron chi connectivity index (χ1n) is 7.42. The van der Waals surface area contributed by atoms with Gasteiger partial charge in [-0.15, -0.1) is 0 Å². The first-order valence-corrected chi connectivity index (χ1v) is 7.42. The average Bonchev–Trinajstić information content (AvgIpc) is 2.94. The molecule has 4 heteroatoms. The Morgan fingerprint density at radius 3 is 2.40 bits per heavy atom. The van der Waals surface area contributed by atoms with Crippen LogP contribution in [0.15, 0.2) is 23.5 Å². The van der Waals surface area contributed by atoms with Crippen LogP contribution in [-0.4, -0.2) is 50.1 Å². The molecule has 0 amide bonds. The molecule has 114 valence electrons. The van der Waals surface area contributed by atoms with E-state index >= 15 is 0 Å². The summed E-state index contributed by atoms with van der Waals surface area (Å²) in [6.45, 7) is 8.32. The maximum Gasteiger partial charge on any atom is 0.166 e. The Labute approximate surface area is 122 Å². The van der Waals surface area contributed by atoms with Gasteiger partial charge in [-0.3, -0.25) is 4.90 Å². The highest BCUT2D eigenvalue weighted by molar-refractivity contribution is 5.42. The fourth-order valence-electron chi connectivity index (χ4n) is 2.63. The zero-order chi connectivity index (χ0) is 14.8. The van der Waals surface area contributed by atoms with Gasteiger partial charge in [-0.25, -0.2) is 0 Å². The fraction of sp³-hybridized carbons (Fsp3) is 0.750. The lowest BCUT2D eigenvalue weighted by molar-refractivity contribution is -0.146. The smallest absolute Gasteiger partial charge is 0.166 e. The minimum absolute atomic E-state index is 0.0713. The van der Waals surface area contributed by atoms with E-state index in [2.05, 4.69) is 38.1 Å². The molecule has 0 aromatic heterocycles. The highest BCUT2D eigenvalue weighted by atomic mass is 16.7. The van der Waals surface area contributed by atoms with E-state index in [1.165, 1.54) is 5.57 Å². The van der Waals surface area contributed by atoms with Crippen LogP contribution in [0.4, 0.5) is 0 Å². The second kappa shape index (κ2) is 5.88. The van der Waals surface area contributed by atoms with Crippen molar-refractivity contribution in [1.82, 2.24) is 4.90 Å². The SMILES string of the molecule is CCOC1=CC(C)(N(C)C)C=C1CCC1(C)OCCO1. The Morgan fingerprint density at radius 2 is 1.85 bits per heavy atom. The third-order valence-electron chi connectivity index (χ3n) is 4.22. The molecule has 1 unspecified atom stereocenters. The number of ether oxygens (including phenoxy) is 3. The Hall–Kier alpha value is -0.840. The molecule has 1 aliphatic heterocycles. The molecule has 0 bridgehead atoms. The van der Waals surface area contributed by atoms with Gasteiger partial charge in [-0.2, -0.15) is 0 Å². The molecule has 2 aliphatic rings. The van der Waals surface area contributed by atoms with Crippen LogP contribution in [0.1, 0.15) is 33.6 Å². The average molecular weight is 281 g/mol. The molecule has 0 spiro atoms. The van der Waals surface area contributed by atoms with Gasteiger partial charge < -0.3 is 14.2 Å². The van der Waals surface area contributed by atoms with Crippen LogP contribution in [0, 0.1) is 0 Å². The molecule has 1 atom stereocenters. The standard InChI is InChI=1S/C16H27NO3/c1-6-18-14-12-15(2,17(4)5)11-13(14)7-8-16(3)19-9-10-20-16/h11-12H,6-10H2,1-5H3. The number of rotatable bonds is 6. The van der Waals surface area contributed by atoms with Crippen LogP contribution in [0.3, 0.4) is 0 Å². The third-order valence-corrected chi connectivity index (χ3v) is 4.22. The Bertz CT molecular complexity index is 408. The van der Waals surface area contributed by atoms with Crippen molar-refractivity contribution in [3.63, 3.8) is 0 Å². The predicted molar refractivity (Wildman–Crippen MR) is 79.4 cm³/mol. The molecule has 0 radical (unpaired) electrons. The summed E-state index contributed by atoms with van der Waals surface area (Å²) in [7, 11) is 4.17. The Kier molecular flexibility index (Phi) is 4.57. The summed E-state index contributed by atoms with van der Waals surface area (Å²) >= 11 is 0. The van der Waals surface area contributed by atoms with E-state index in [-0.39, 0.29) is 5.54 Å². The number of allylic oxidation sites excluding steroid dienone is 1. The molecule has 0 aromatic carbocycles. The maximum absolute atomic E-state index is 5.79. The van der Waals surface area contributed by atoms with Crippen molar-refractivity contribution in [2.24, 2.45) is 0 Å². The lowest BCUT2D eigenvalue weighted by Crippen LogP contribution is -2.36. The molecule has 0 N–H and O–H groups in total. The zero-order valence-corrected chi connectivity index (χ0v) is 13.4. The van der Waals surface area contributed by atoms with Crippen LogP contribution in [0.2, 0.25) is 0 Å². The van der Waals surface area contributed by atoms with Crippen molar-refractivity contribution >= 4 is 0 Å². The van der Waals surface area contributed by atoms with Crippen LogP contribution < -0.4 is 0 Å². The lowest BCUT2D eigenvalue weighted by atomic mass is 10.0. The number of hydrogen-bond donors (Lipinski definition) is 0. The van der Waals surface area contributed by atoms with E-state index in [0.29, 0.717) is 19.8 Å². The summed E-state index contributed by atoms with van der Waals surface area (Å²) in [6, 6.07) is 0. The molecule has 20 heavy (non-hydrogen) atoms. The second-order valence-electron chi connectivity index (χ2n) is 6.06. The van der Waals surface area contributed by atoms with E-state index in [1.54, 1.807) is 0 Å². The summed E-state index contributed by atoms with van der Waals surface area (Å²) in [5.74, 6) is 0.570. The van der Waals surface area contributed by atoms with E-state index in [4.69, 9.17) is 14.2 Å². The van der Waals surface area contributed by atoms with Gasteiger partial charge in [0.05, 0.1) is 25.4 Å². The molecule has 1 saturated heterocycles. The van der Waals surface area contributed by atoms with Gasteiger partial charge in [0.15, 0.2) is 5.79 Å². The van der Waals surface area contributed by atoms with Crippen LogP contribution >= 0.6 is 0 Å². The minimum Gasteiger partial charge on any atom is -0.494 e. The largest absolute Gasteiger partial charge is 0.494 e. The van der Waals surface area contributed by atoms with Gasteiger partial charge in [0.1, 0.15) is 5.76 Å². The van der Waals surface area contributed by atoms with Gasteiger partial charge in [-0.1, -0.05) is 6.08 Å². The number of hydrogen-bond acceptors (Lipinski definition) is 4. The molecule has 0 aromatic rings. The molecular weight excluding hydrogens is 254 g/mol. The molecule has 1 aliphatic carbocycles. The summed E-state index contributed by atoms with van der Waals surface area (Å²) in [6.07, 6.45) is 6.25. The second-order valence-corrected chi connectivity index (χ2v) is 6.06. The van der Waals surface area contributed by atoms with Crippen LogP contribution in [0.5, 0.6) is 0 Å². The number of likely N-dealkylation sites (N-methyl/N-ethyl adjacent to an activating group) is 1. The zero-order valence-electron chi connectivity index (χ0n) is 13.4. The highest BCUT2D eigenvalue weighted by Crippen LogP contribution is 2.36. The first kappa shape index (κ1) is 15.5. The van der Waals surface area contributed by atoms with E-state index in [1.807, 2.05) is 13.8 Å². The molecule has 0 saturated carbocycles. The molecule has 4 nitrogen and oxygen atoms in total. The van der Waals surface area contributed by atoms with Gasteiger partial charge in [0.25, 0.3) is 0 Å². The molecule has 1 fully saturated rings. The van der Waals surface area contributed by atoms with Crippen molar-refractivity contribution in [2.75, 3.05) is 33.9 Å². The van der Waals surface area contributed by atoms with Crippen molar-refractivity contribution in [3.8, 4) is 0 Å². The third kappa shape index (κ3) is 3.25. The van der Waals surface area contributed by atoms with Crippen molar-refractivity contribution < 1.29 is 14.2 Å². The van der Waals surface area contributed by atoms with Crippen LogP contribution in [0.25, 0.3) is 0 Å². The summed E-state index contributed by atoms with van der Waals surface area (Å²) in [5.41, 5.74) is 1.18. The summed E-state index contributed by atoms with van der Waals surface area (Å²) < 4.78 is 17.1. The van der Waals surface area contributed by atoms with E-state index in [0.717, 1.165) is 18.6 Å². The van der Waals surface area contributed by atoms with Crippen molar-refractivity contribution in [3.05, 3.63) is 23.5 Å². The van der Waals surface area contributed by atoms with Gasteiger partial charge in [-0.05, 0) is 52.9 Å².